The number of ether oxygens (including phenoxy) is 3. The van der Waals surface area contributed by atoms with Crippen molar-refractivity contribution in [3.8, 4) is 22.8 Å². The first-order valence-electron chi connectivity index (χ1n) is 12.0. The van der Waals surface area contributed by atoms with Crippen molar-refractivity contribution in [2.75, 3.05) is 40.5 Å². The predicted molar refractivity (Wildman–Crippen MR) is 129 cm³/mol. The molecule has 3 saturated carbocycles. The van der Waals surface area contributed by atoms with Gasteiger partial charge in [0.15, 0.2) is 22.8 Å². The molecule has 3 aromatic rings. The summed E-state index contributed by atoms with van der Waals surface area (Å²) >= 11 is 0. The number of fused-ring (bicyclic) bond motifs is 1. The third-order valence-electron chi connectivity index (χ3n) is 7.35. The number of carbonyl (C=O) groups is 2. The highest BCUT2D eigenvalue weighted by atomic mass is 16.5. The van der Waals surface area contributed by atoms with Crippen molar-refractivity contribution in [3.05, 3.63) is 42.2 Å². The Morgan fingerprint density at radius 2 is 1.69 bits per heavy atom. The SMILES string of the molecule is COc1ccc(-c2ccnc3cc(C(=O)NC45CC(NC(=O)N6CCOCC6)(C4)C5)nn23)cc1OC. The number of benzene rings is 1. The van der Waals surface area contributed by atoms with Crippen LogP contribution in [0.25, 0.3) is 16.9 Å². The molecule has 2 bridgehead atoms. The smallest absolute Gasteiger partial charge is 0.317 e. The summed E-state index contributed by atoms with van der Waals surface area (Å²) in [4.78, 5) is 31.8. The third-order valence-corrected chi connectivity index (χ3v) is 7.35. The number of amides is 3. The van der Waals surface area contributed by atoms with E-state index in [0.717, 1.165) is 30.5 Å². The molecular weight excluding hydrogens is 464 g/mol. The molecule has 7 rings (SSSR count). The molecule has 2 aromatic heterocycles. The zero-order valence-electron chi connectivity index (χ0n) is 20.2. The summed E-state index contributed by atoms with van der Waals surface area (Å²) in [6, 6.07) is 9.07. The predicted octanol–water partition coefficient (Wildman–Crippen LogP) is 1.86. The molecule has 0 unspecified atom stereocenters. The van der Waals surface area contributed by atoms with Crippen LogP contribution in [0.4, 0.5) is 4.79 Å². The first-order chi connectivity index (χ1) is 17.4. The van der Waals surface area contributed by atoms with Gasteiger partial charge in [-0.05, 0) is 43.5 Å². The van der Waals surface area contributed by atoms with E-state index in [-0.39, 0.29) is 23.0 Å². The maximum atomic E-state index is 13.1. The van der Waals surface area contributed by atoms with E-state index < -0.39 is 0 Å². The van der Waals surface area contributed by atoms with E-state index in [2.05, 4.69) is 20.7 Å². The number of morpholine rings is 1. The number of hydrogen-bond acceptors (Lipinski definition) is 7. The lowest BCUT2D eigenvalue weighted by atomic mass is 9.44. The summed E-state index contributed by atoms with van der Waals surface area (Å²) < 4.78 is 17.7. The summed E-state index contributed by atoms with van der Waals surface area (Å²) in [5, 5.41) is 10.9. The largest absolute Gasteiger partial charge is 0.493 e. The highest BCUT2D eigenvalue weighted by Gasteiger charge is 2.69. The highest BCUT2D eigenvalue weighted by Crippen LogP contribution is 2.60. The minimum Gasteiger partial charge on any atom is -0.493 e. The third kappa shape index (κ3) is 3.70. The van der Waals surface area contributed by atoms with E-state index in [4.69, 9.17) is 14.2 Å². The lowest BCUT2D eigenvalue weighted by Gasteiger charge is -2.70. The molecule has 11 heteroatoms. The molecular formula is C25H28N6O5. The van der Waals surface area contributed by atoms with E-state index in [9.17, 15) is 9.59 Å². The van der Waals surface area contributed by atoms with Gasteiger partial charge in [-0.15, -0.1) is 0 Å². The molecule has 1 aliphatic heterocycles. The average Bonchev–Trinajstić information content (AvgIpc) is 3.31. The van der Waals surface area contributed by atoms with Crippen molar-refractivity contribution in [1.29, 1.82) is 0 Å². The second-order valence-corrected chi connectivity index (χ2v) is 9.77. The molecule has 11 nitrogen and oxygen atoms in total. The van der Waals surface area contributed by atoms with E-state index in [1.54, 1.807) is 35.9 Å². The molecule has 188 valence electrons. The molecule has 4 aliphatic rings. The molecule has 3 aliphatic carbocycles. The Morgan fingerprint density at radius 1 is 0.972 bits per heavy atom. The Morgan fingerprint density at radius 3 is 2.42 bits per heavy atom. The summed E-state index contributed by atoms with van der Waals surface area (Å²) in [5.74, 6) is 0.986. The Balaban J connectivity index is 1.14. The zero-order chi connectivity index (χ0) is 24.9. The first-order valence-corrected chi connectivity index (χ1v) is 12.0. The molecule has 0 atom stereocenters. The fraction of sp³-hybridized carbons (Fsp3) is 0.440. The number of urea groups is 1. The van der Waals surface area contributed by atoms with Gasteiger partial charge in [-0.1, -0.05) is 0 Å². The van der Waals surface area contributed by atoms with Gasteiger partial charge in [-0.3, -0.25) is 4.79 Å². The Kier molecular flexibility index (Phi) is 5.25. The highest BCUT2D eigenvalue weighted by molar-refractivity contribution is 5.94. The fourth-order valence-corrected chi connectivity index (χ4v) is 5.65. The Bertz CT molecular complexity index is 1330. The lowest BCUT2D eigenvalue weighted by molar-refractivity contribution is -0.0919. The van der Waals surface area contributed by atoms with E-state index in [1.165, 1.54) is 0 Å². The van der Waals surface area contributed by atoms with E-state index >= 15 is 0 Å². The quantitative estimate of drug-likeness (QED) is 0.539. The van der Waals surface area contributed by atoms with Gasteiger partial charge in [0, 0.05) is 42.0 Å². The number of methoxy groups -OCH3 is 2. The average molecular weight is 493 g/mol. The van der Waals surface area contributed by atoms with Crippen LogP contribution < -0.4 is 20.1 Å². The zero-order valence-corrected chi connectivity index (χ0v) is 20.2. The first kappa shape index (κ1) is 22.6. The minimum absolute atomic E-state index is 0.0490. The summed E-state index contributed by atoms with van der Waals surface area (Å²) in [6.07, 6.45) is 3.87. The van der Waals surface area contributed by atoms with Crippen molar-refractivity contribution in [1.82, 2.24) is 30.1 Å². The van der Waals surface area contributed by atoms with Crippen molar-refractivity contribution in [2.24, 2.45) is 0 Å². The number of nitrogens with zero attached hydrogens (tertiary/aromatic N) is 4. The van der Waals surface area contributed by atoms with Gasteiger partial charge >= 0.3 is 6.03 Å². The van der Waals surface area contributed by atoms with Crippen LogP contribution >= 0.6 is 0 Å². The van der Waals surface area contributed by atoms with Crippen molar-refractivity contribution in [2.45, 2.75) is 30.3 Å². The van der Waals surface area contributed by atoms with Crippen LogP contribution in [0.15, 0.2) is 36.5 Å². The summed E-state index contributed by atoms with van der Waals surface area (Å²) in [5.41, 5.74) is 1.99. The summed E-state index contributed by atoms with van der Waals surface area (Å²) in [7, 11) is 3.18. The lowest BCUT2D eigenvalue weighted by Crippen LogP contribution is -2.84. The van der Waals surface area contributed by atoms with Gasteiger partial charge < -0.3 is 29.7 Å². The number of nitrogens with one attached hydrogen (secondary N) is 2. The van der Waals surface area contributed by atoms with Crippen LogP contribution in [0.2, 0.25) is 0 Å². The Labute approximate surface area is 207 Å². The van der Waals surface area contributed by atoms with Gasteiger partial charge in [0.05, 0.1) is 33.1 Å². The number of rotatable bonds is 6. The molecule has 1 saturated heterocycles. The molecule has 36 heavy (non-hydrogen) atoms. The van der Waals surface area contributed by atoms with Crippen LogP contribution in [0, 0.1) is 0 Å². The van der Waals surface area contributed by atoms with Crippen LogP contribution in [-0.2, 0) is 4.74 Å². The van der Waals surface area contributed by atoms with Crippen LogP contribution in [0.1, 0.15) is 29.8 Å². The second-order valence-electron chi connectivity index (χ2n) is 9.77. The summed E-state index contributed by atoms with van der Waals surface area (Å²) in [6.45, 7) is 2.36. The number of carbonyl (C=O) groups excluding carboxylic acids is 2. The number of aromatic nitrogens is 3. The van der Waals surface area contributed by atoms with Gasteiger partial charge in [0.1, 0.15) is 0 Å². The van der Waals surface area contributed by atoms with Gasteiger partial charge in [-0.25, -0.2) is 14.3 Å². The van der Waals surface area contributed by atoms with Crippen LogP contribution in [0.3, 0.4) is 0 Å². The van der Waals surface area contributed by atoms with Crippen molar-refractivity contribution in [3.63, 3.8) is 0 Å². The molecule has 0 spiro atoms. The van der Waals surface area contributed by atoms with Gasteiger partial charge in [0.2, 0.25) is 0 Å². The second kappa shape index (κ2) is 8.37. The molecule has 2 N–H and O–H groups in total. The van der Waals surface area contributed by atoms with Gasteiger partial charge in [0.25, 0.3) is 5.91 Å². The van der Waals surface area contributed by atoms with Crippen molar-refractivity contribution >= 4 is 17.6 Å². The van der Waals surface area contributed by atoms with Gasteiger partial charge in [-0.2, -0.15) is 5.10 Å². The Hall–Kier alpha value is -3.86. The standard InChI is InChI=1S/C25H28N6O5/c1-34-19-4-3-16(11-20(19)35-2)18-5-6-26-21-12-17(29-31(18)21)22(32)27-24-13-25(14-24,15-24)28-23(33)30-7-9-36-10-8-30/h3-6,11-12H,7-10,13-15H2,1-2H3,(H,27,32)(H,28,33). The number of hydrogen-bond donors (Lipinski definition) is 2. The maximum Gasteiger partial charge on any atom is 0.317 e. The molecule has 3 amide bonds. The van der Waals surface area contributed by atoms with Crippen molar-refractivity contribution < 1.29 is 23.8 Å². The molecule has 4 fully saturated rings. The van der Waals surface area contributed by atoms with E-state index in [1.807, 2.05) is 24.3 Å². The minimum atomic E-state index is -0.287. The maximum absolute atomic E-state index is 13.1. The fourth-order valence-electron chi connectivity index (χ4n) is 5.65. The topological polar surface area (TPSA) is 119 Å². The normalized spacial score (nSPS) is 24.4. The van der Waals surface area contributed by atoms with E-state index in [0.29, 0.717) is 49.1 Å². The van der Waals surface area contributed by atoms with Crippen LogP contribution in [-0.4, -0.2) is 83.0 Å². The molecule has 1 aromatic carbocycles. The van der Waals surface area contributed by atoms with Crippen LogP contribution in [0.5, 0.6) is 11.5 Å². The molecule has 3 heterocycles. The molecule has 0 radical (unpaired) electrons. The monoisotopic (exact) mass is 492 g/mol.